The second-order valence-electron chi connectivity index (χ2n) is 10.1. The number of rotatable bonds is 14. The van der Waals surface area contributed by atoms with E-state index in [0.717, 1.165) is 0 Å². The predicted octanol–water partition coefficient (Wildman–Crippen LogP) is 1.55. The van der Waals surface area contributed by atoms with Gasteiger partial charge in [-0.15, -0.1) is 0 Å². The maximum atomic E-state index is 13.2. The zero-order valence-electron chi connectivity index (χ0n) is 22.1. The average Bonchev–Trinajstić information content (AvgIpc) is 2.80. The van der Waals surface area contributed by atoms with Crippen LogP contribution in [0.2, 0.25) is 0 Å². The van der Waals surface area contributed by atoms with Crippen molar-refractivity contribution in [3.63, 3.8) is 0 Å². The number of carbonyl (C=O) groups excluding carboxylic acids is 3. The van der Waals surface area contributed by atoms with Gasteiger partial charge >= 0.3 is 5.97 Å². The van der Waals surface area contributed by atoms with Gasteiger partial charge in [0.1, 0.15) is 23.9 Å². The molecule has 1 rings (SSSR count). The summed E-state index contributed by atoms with van der Waals surface area (Å²) in [5.41, 5.74) is 6.67. The second kappa shape index (κ2) is 14.4. The Morgan fingerprint density at radius 2 is 1.42 bits per heavy atom. The van der Waals surface area contributed by atoms with Gasteiger partial charge in [0.25, 0.3) is 0 Å². The van der Waals surface area contributed by atoms with Crippen LogP contribution in [0, 0.1) is 17.8 Å². The topological polar surface area (TPSA) is 171 Å². The van der Waals surface area contributed by atoms with Gasteiger partial charge in [-0.2, -0.15) is 0 Å². The molecular formula is C26H42N4O6. The Morgan fingerprint density at radius 1 is 0.861 bits per heavy atom. The summed E-state index contributed by atoms with van der Waals surface area (Å²) < 4.78 is 0. The molecule has 0 aliphatic rings. The zero-order valence-corrected chi connectivity index (χ0v) is 22.1. The van der Waals surface area contributed by atoms with Crippen molar-refractivity contribution < 1.29 is 29.4 Å². The smallest absolute Gasteiger partial charge is 0.326 e. The van der Waals surface area contributed by atoms with E-state index in [1.54, 1.807) is 26.0 Å². The number of carbonyl (C=O) groups is 4. The van der Waals surface area contributed by atoms with Crippen molar-refractivity contribution in [1.29, 1.82) is 0 Å². The normalized spacial score (nSPS) is 15.5. The van der Waals surface area contributed by atoms with E-state index in [4.69, 9.17) is 5.73 Å². The van der Waals surface area contributed by atoms with E-state index in [9.17, 15) is 29.4 Å². The molecule has 0 aromatic heterocycles. The van der Waals surface area contributed by atoms with Crippen LogP contribution in [0.3, 0.4) is 0 Å². The summed E-state index contributed by atoms with van der Waals surface area (Å²) in [7, 11) is 0. The second-order valence-corrected chi connectivity index (χ2v) is 10.1. The number of hydrogen-bond acceptors (Lipinski definition) is 6. The fraction of sp³-hybridized carbons (Fsp3) is 0.615. The first-order valence-corrected chi connectivity index (χ1v) is 12.4. The van der Waals surface area contributed by atoms with Crippen molar-refractivity contribution in [2.24, 2.45) is 23.5 Å². The van der Waals surface area contributed by atoms with Crippen LogP contribution in [0.15, 0.2) is 24.3 Å². The minimum atomic E-state index is -1.17. The van der Waals surface area contributed by atoms with Crippen LogP contribution in [0.25, 0.3) is 0 Å². The molecule has 202 valence electrons. The van der Waals surface area contributed by atoms with E-state index in [0.29, 0.717) is 12.0 Å². The molecule has 5 atom stereocenters. The lowest BCUT2D eigenvalue weighted by Crippen LogP contribution is -2.59. The van der Waals surface area contributed by atoms with Gasteiger partial charge in [0.05, 0.1) is 6.04 Å². The van der Waals surface area contributed by atoms with Crippen molar-refractivity contribution in [1.82, 2.24) is 16.0 Å². The van der Waals surface area contributed by atoms with E-state index < -0.39 is 47.9 Å². The summed E-state index contributed by atoms with van der Waals surface area (Å²) >= 11 is 0. The molecule has 36 heavy (non-hydrogen) atoms. The Bertz CT molecular complexity index is 887. The lowest BCUT2D eigenvalue weighted by molar-refractivity contribution is -0.142. The standard InChI is InChI=1S/C26H42N4O6/c1-7-16(6)21(27)24(33)30-22(15(4)5)25(34)28-19(13-17-8-10-18(31)11-9-17)23(32)29-20(26(35)36)12-14(2)3/h8-11,14-16,19-22,31H,7,12-13,27H2,1-6H3,(H,28,34)(H,29,32)(H,30,33)(H,35,36). The highest BCUT2D eigenvalue weighted by Crippen LogP contribution is 2.13. The third kappa shape index (κ3) is 9.85. The molecular weight excluding hydrogens is 464 g/mol. The Balaban J connectivity index is 3.15. The lowest BCUT2D eigenvalue weighted by Gasteiger charge is -2.28. The molecule has 5 unspecified atom stereocenters. The summed E-state index contributed by atoms with van der Waals surface area (Å²) in [5, 5.41) is 27.0. The van der Waals surface area contributed by atoms with E-state index in [2.05, 4.69) is 16.0 Å². The molecule has 1 aromatic rings. The molecule has 0 saturated heterocycles. The Labute approximate surface area is 213 Å². The fourth-order valence-corrected chi connectivity index (χ4v) is 3.60. The maximum absolute atomic E-state index is 13.2. The number of amides is 3. The zero-order chi connectivity index (χ0) is 27.6. The molecule has 0 saturated carbocycles. The number of phenols is 1. The van der Waals surface area contributed by atoms with Crippen LogP contribution in [0.4, 0.5) is 0 Å². The molecule has 10 nitrogen and oxygen atoms in total. The van der Waals surface area contributed by atoms with Gasteiger partial charge in [-0.25, -0.2) is 4.79 Å². The predicted molar refractivity (Wildman–Crippen MR) is 137 cm³/mol. The first kappa shape index (κ1) is 30.9. The number of carboxylic acids is 1. The van der Waals surface area contributed by atoms with E-state index in [1.165, 1.54) is 12.1 Å². The van der Waals surface area contributed by atoms with Gasteiger partial charge in [-0.1, -0.05) is 60.1 Å². The lowest BCUT2D eigenvalue weighted by atomic mass is 9.97. The summed E-state index contributed by atoms with van der Waals surface area (Å²) in [4.78, 5) is 50.7. The number of nitrogens with two attached hydrogens (primary N) is 1. The van der Waals surface area contributed by atoms with Crippen molar-refractivity contribution in [3.05, 3.63) is 29.8 Å². The van der Waals surface area contributed by atoms with Gasteiger partial charge in [0, 0.05) is 6.42 Å². The van der Waals surface area contributed by atoms with Gasteiger partial charge in [0.15, 0.2) is 0 Å². The summed E-state index contributed by atoms with van der Waals surface area (Å²) in [6.45, 7) is 11.0. The molecule has 0 fully saturated rings. The minimum absolute atomic E-state index is 0.0202. The molecule has 0 spiro atoms. The molecule has 0 aliphatic carbocycles. The van der Waals surface area contributed by atoms with Crippen molar-refractivity contribution in [2.75, 3.05) is 0 Å². The van der Waals surface area contributed by atoms with Gasteiger partial charge in [0.2, 0.25) is 17.7 Å². The summed E-state index contributed by atoms with van der Waals surface area (Å²) in [6, 6.07) is 2.16. The Morgan fingerprint density at radius 3 is 1.89 bits per heavy atom. The first-order valence-electron chi connectivity index (χ1n) is 12.4. The van der Waals surface area contributed by atoms with Crippen LogP contribution >= 0.6 is 0 Å². The highest BCUT2D eigenvalue weighted by atomic mass is 16.4. The number of aromatic hydroxyl groups is 1. The summed E-state index contributed by atoms with van der Waals surface area (Å²) in [6.07, 6.45) is 0.971. The van der Waals surface area contributed by atoms with E-state index in [-0.39, 0.29) is 36.3 Å². The molecule has 1 aromatic carbocycles. The quantitative estimate of drug-likeness (QED) is 0.222. The number of phenolic OH excluding ortho intramolecular Hbond substituents is 1. The summed E-state index contributed by atoms with van der Waals surface area (Å²) in [5.74, 6) is -3.18. The van der Waals surface area contributed by atoms with Crippen LogP contribution in [-0.4, -0.2) is 58.1 Å². The minimum Gasteiger partial charge on any atom is -0.508 e. The number of carboxylic acid groups (broad SMARTS) is 1. The van der Waals surface area contributed by atoms with Crippen molar-refractivity contribution >= 4 is 23.7 Å². The van der Waals surface area contributed by atoms with E-state index >= 15 is 0 Å². The number of nitrogens with one attached hydrogen (secondary N) is 3. The Kier molecular flexibility index (Phi) is 12.4. The van der Waals surface area contributed by atoms with Crippen LogP contribution in [0.1, 0.15) is 59.9 Å². The van der Waals surface area contributed by atoms with Crippen molar-refractivity contribution in [2.45, 2.75) is 85.0 Å². The van der Waals surface area contributed by atoms with Crippen LogP contribution < -0.4 is 21.7 Å². The SMILES string of the molecule is CCC(C)C(N)C(=O)NC(C(=O)NC(Cc1ccc(O)cc1)C(=O)NC(CC(C)C)C(=O)O)C(C)C. The molecule has 7 N–H and O–H groups in total. The Hall–Kier alpha value is -3.14. The van der Waals surface area contributed by atoms with E-state index in [1.807, 2.05) is 27.7 Å². The van der Waals surface area contributed by atoms with Gasteiger partial charge in [-0.05, 0) is 41.9 Å². The van der Waals surface area contributed by atoms with Crippen molar-refractivity contribution in [3.8, 4) is 5.75 Å². The number of hydrogen-bond donors (Lipinski definition) is 6. The highest BCUT2D eigenvalue weighted by molar-refractivity contribution is 5.94. The first-order chi connectivity index (χ1) is 16.8. The number of aliphatic carboxylic acids is 1. The average molecular weight is 507 g/mol. The third-order valence-electron chi connectivity index (χ3n) is 6.14. The molecule has 0 heterocycles. The molecule has 0 aliphatic heterocycles. The highest BCUT2D eigenvalue weighted by Gasteiger charge is 2.32. The van der Waals surface area contributed by atoms with Gasteiger partial charge in [-0.3, -0.25) is 14.4 Å². The molecule has 0 bridgehead atoms. The fourth-order valence-electron chi connectivity index (χ4n) is 3.60. The number of benzene rings is 1. The van der Waals surface area contributed by atoms with Crippen LogP contribution in [-0.2, 0) is 25.6 Å². The van der Waals surface area contributed by atoms with Crippen LogP contribution in [0.5, 0.6) is 5.75 Å². The molecule has 10 heteroatoms. The largest absolute Gasteiger partial charge is 0.508 e. The molecule has 0 radical (unpaired) electrons. The monoisotopic (exact) mass is 506 g/mol. The van der Waals surface area contributed by atoms with Gasteiger partial charge < -0.3 is 31.9 Å². The maximum Gasteiger partial charge on any atom is 0.326 e. The third-order valence-corrected chi connectivity index (χ3v) is 6.14. The molecule has 3 amide bonds.